The summed E-state index contributed by atoms with van der Waals surface area (Å²) in [6.45, 7) is 0.642. The van der Waals surface area contributed by atoms with Crippen LogP contribution in [0.15, 0.2) is 54.7 Å². The molecule has 3 aromatic rings. The number of aromatic amines is 1. The highest BCUT2D eigenvalue weighted by Gasteiger charge is 2.11. The molecule has 0 aliphatic rings. The minimum Gasteiger partial charge on any atom is -0.383 e. The number of nitro groups is 1. The number of benzene rings is 2. The molecule has 21 heavy (non-hydrogen) atoms. The lowest BCUT2D eigenvalue weighted by atomic mass is 10.1. The molecule has 0 spiro atoms. The summed E-state index contributed by atoms with van der Waals surface area (Å²) in [6.07, 6.45) is 2.51. The van der Waals surface area contributed by atoms with E-state index >= 15 is 0 Å². The van der Waals surface area contributed by atoms with Crippen molar-refractivity contribution in [2.45, 2.75) is 6.42 Å². The zero-order chi connectivity index (χ0) is 14.7. The molecule has 0 fully saturated rings. The molecule has 0 aliphatic heterocycles. The molecule has 0 bridgehead atoms. The quantitative estimate of drug-likeness (QED) is 0.553. The molecule has 106 valence electrons. The summed E-state index contributed by atoms with van der Waals surface area (Å²) in [5.41, 5.74) is 2.99. The summed E-state index contributed by atoms with van der Waals surface area (Å²) in [5.74, 6) is 0. The third-order valence-electron chi connectivity index (χ3n) is 3.49. The Kier molecular flexibility index (Phi) is 3.55. The molecule has 0 atom stereocenters. The molecule has 5 heteroatoms. The summed E-state index contributed by atoms with van der Waals surface area (Å²) >= 11 is 0. The Hall–Kier alpha value is -2.82. The molecule has 0 saturated carbocycles. The van der Waals surface area contributed by atoms with Gasteiger partial charge in [0.15, 0.2) is 0 Å². The van der Waals surface area contributed by atoms with E-state index in [4.69, 9.17) is 0 Å². The zero-order valence-electron chi connectivity index (χ0n) is 11.4. The third-order valence-corrected chi connectivity index (χ3v) is 3.49. The van der Waals surface area contributed by atoms with Crippen LogP contribution in [0.2, 0.25) is 0 Å². The number of nitro benzene ring substituents is 1. The molecule has 2 N–H and O–H groups in total. The van der Waals surface area contributed by atoms with Crippen LogP contribution in [0.5, 0.6) is 0 Å². The van der Waals surface area contributed by atoms with Gasteiger partial charge >= 0.3 is 0 Å². The van der Waals surface area contributed by atoms with E-state index in [0.717, 1.165) is 22.2 Å². The normalized spacial score (nSPS) is 10.7. The fourth-order valence-corrected chi connectivity index (χ4v) is 2.46. The predicted octanol–water partition coefficient (Wildman–Crippen LogP) is 3.73. The maximum atomic E-state index is 11.0. The lowest BCUT2D eigenvalue weighted by molar-refractivity contribution is -0.385. The summed E-state index contributed by atoms with van der Waals surface area (Å²) in [7, 11) is 0. The third kappa shape index (κ3) is 2.72. The minimum atomic E-state index is -0.332. The number of aromatic nitrogens is 1. The van der Waals surface area contributed by atoms with Crippen molar-refractivity contribution in [1.29, 1.82) is 0 Å². The van der Waals surface area contributed by atoms with Gasteiger partial charge in [0.2, 0.25) is 0 Å². The van der Waals surface area contributed by atoms with Gasteiger partial charge in [-0.05, 0) is 18.6 Å². The number of nitrogens with one attached hydrogen (secondary N) is 2. The maximum absolute atomic E-state index is 11.0. The lowest BCUT2D eigenvalue weighted by Crippen LogP contribution is -2.06. The lowest BCUT2D eigenvalue weighted by Gasteiger charge is -2.08. The average molecular weight is 281 g/mol. The Morgan fingerprint density at radius 3 is 2.81 bits per heavy atom. The number of nitrogens with zero attached hydrogens (tertiary/aromatic N) is 1. The van der Waals surface area contributed by atoms with Crippen molar-refractivity contribution in [2.24, 2.45) is 0 Å². The highest BCUT2D eigenvalue weighted by molar-refractivity contribution is 5.90. The Balaban J connectivity index is 1.72. The van der Waals surface area contributed by atoms with Crippen LogP contribution in [-0.2, 0) is 6.42 Å². The maximum Gasteiger partial charge on any atom is 0.272 e. The molecule has 5 nitrogen and oxygen atoms in total. The van der Waals surface area contributed by atoms with E-state index in [-0.39, 0.29) is 10.6 Å². The standard InChI is InChI=1S/C16H15N3O2/c20-19(21)15-7-2-1-4-12(15)8-10-17-14-6-3-5-13-9-11-18-16(13)14/h1-7,9,11,17-18H,8,10H2. The van der Waals surface area contributed by atoms with Crippen LogP contribution >= 0.6 is 0 Å². The van der Waals surface area contributed by atoms with E-state index in [1.807, 2.05) is 36.5 Å². The molecule has 3 rings (SSSR count). The van der Waals surface area contributed by atoms with Crippen LogP contribution in [0, 0.1) is 10.1 Å². The first kappa shape index (κ1) is 13.2. The van der Waals surface area contributed by atoms with Gasteiger partial charge < -0.3 is 10.3 Å². The van der Waals surface area contributed by atoms with Crippen molar-refractivity contribution >= 4 is 22.3 Å². The molecule has 0 unspecified atom stereocenters. The van der Waals surface area contributed by atoms with E-state index in [0.29, 0.717) is 13.0 Å². The van der Waals surface area contributed by atoms with Gasteiger partial charge in [-0.1, -0.05) is 30.3 Å². The first-order valence-corrected chi connectivity index (χ1v) is 6.78. The summed E-state index contributed by atoms with van der Waals surface area (Å²) < 4.78 is 0. The van der Waals surface area contributed by atoms with Crippen LogP contribution in [0.25, 0.3) is 10.9 Å². The molecule has 0 aliphatic carbocycles. The van der Waals surface area contributed by atoms with Gasteiger partial charge in [0.25, 0.3) is 5.69 Å². The highest BCUT2D eigenvalue weighted by Crippen LogP contribution is 2.22. The second-order valence-electron chi connectivity index (χ2n) is 4.81. The van der Waals surface area contributed by atoms with Gasteiger partial charge in [-0.25, -0.2) is 0 Å². The van der Waals surface area contributed by atoms with Crippen molar-refractivity contribution in [3.63, 3.8) is 0 Å². The van der Waals surface area contributed by atoms with E-state index < -0.39 is 0 Å². The van der Waals surface area contributed by atoms with Crippen LogP contribution in [0.1, 0.15) is 5.56 Å². The van der Waals surface area contributed by atoms with E-state index in [1.54, 1.807) is 18.2 Å². The van der Waals surface area contributed by atoms with Gasteiger partial charge in [-0.2, -0.15) is 0 Å². The second kappa shape index (κ2) is 5.66. The van der Waals surface area contributed by atoms with Gasteiger partial charge in [0.05, 0.1) is 16.1 Å². The smallest absolute Gasteiger partial charge is 0.272 e. The van der Waals surface area contributed by atoms with E-state index in [1.165, 1.54) is 0 Å². The Morgan fingerprint density at radius 1 is 1.10 bits per heavy atom. The Morgan fingerprint density at radius 2 is 1.95 bits per heavy atom. The number of rotatable bonds is 5. The first-order valence-electron chi connectivity index (χ1n) is 6.78. The largest absolute Gasteiger partial charge is 0.383 e. The number of anilines is 1. The zero-order valence-corrected chi connectivity index (χ0v) is 11.4. The predicted molar refractivity (Wildman–Crippen MR) is 83.6 cm³/mol. The number of H-pyrrole nitrogens is 1. The average Bonchev–Trinajstić information content (AvgIpc) is 2.97. The number of fused-ring (bicyclic) bond motifs is 1. The Labute approximate surface area is 121 Å². The van der Waals surface area contributed by atoms with E-state index in [9.17, 15) is 10.1 Å². The molecular weight excluding hydrogens is 266 g/mol. The van der Waals surface area contributed by atoms with E-state index in [2.05, 4.69) is 10.3 Å². The van der Waals surface area contributed by atoms with Gasteiger partial charge in [0, 0.05) is 29.8 Å². The van der Waals surface area contributed by atoms with Crippen molar-refractivity contribution in [2.75, 3.05) is 11.9 Å². The minimum absolute atomic E-state index is 0.178. The monoisotopic (exact) mass is 281 g/mol. The second-order valence-corrected chi connectivity index (χ2v) is 4.81. The molecule has 0 radical (unpaired) electrons. The van der Waals surface area contributed by atoms with Crippen LogP contribution in [-0.4, -0.2) is 16.5 Å². The SMILES string of the molecule is O=[N+]([O-])c1ccccc1CCNc1cccc2cc[nH]c12. The molecule has 1 aromatic heterocycles. The van der Waals surface area contributed by atoms with Crippen molar-refractivity contribution in [1.82, 2.24) is 4.98 Å². The summed E-state index contributed by atoms with van der Waals surface area (Å²) in [5, 5.41) is 15.5. The van der Waals surface area contributed by atoms with Crippen LogP contribution < -0.4 is 5.32 Å². The number of hydrogen-bond acceptors (Lipinski definition) is 3. The first-order chi connectivity index (χ1) is 10.3. The fourth-order valence-electron chi connectivity index (χ4n) is 2.46. The topological polar surface area (TPSA) is 71.0 Å². The Bertz CT molecular complexity index is 780. The van der Waals surface area contributed by atoms with Gasteiger partial charge in [0.1, 0.15) is 0 Å². The molecule has 0 amide bonds. The molecular formula is C16H15N3O2. The molecule has 1 heterocycles. The number of hydrogen-bond donors (Lipinski definition) is 2. The number of para-hydroxylation sites is 2. The van der Waals surface area contributed by atoms with Crippen molar-refractivity contribution < 1.29 is 4.92 Å². The molecule has 0 saturated heterocycles. The highest BCUT2D eigenvalue weighted by atomic mass is 16.6. The van der Waals surface area contributed by atoms with Crippen molar-refractivity contribution in [3.8, 4) is 0 Å². The van der Waals surface area contributed by atoms with Crippen LogP contribution in [0.4, 0.5) is 11.4 Å². The van der Waals surface area contributed by atoms with Gasteiger partial charge in [-0.3, -0.25) is 10.1 Å². The van der Waals surface area contributed by atoms with Crippen LogP contribution in [0.3, 0.4) is 0 Å². The van der Waals surface area contributed by atoms with Crippen molar-refractivity contribution in [3.05, 3.63) is 70.4 Å². The van der Waals surface area contributed by atoms with Gasteiger partial charge in [-0.15, -0.1) is 0 Å². The fraction of sp³-hybridized carbons (Fsp3) is 0.125. The summed E-state index contributed by atoms with van der Waals surface area (Å²) in [4.78, 5) is 13.8. The summed E-state index contributed by atoms with van der Waals surface area (Å²) in [6, 6.07) is 14.9. The molecule has 2 aromatic carbocycles.